The lowest BCUT2D eigenvalue weighted by atomic mass is 9.93. The zero-order valence-corrected chi connectivity index (χ0v) is 20.2. The molecule has 5 heteroatoms. The number of likely N-dealkylation sites (tertiary alicyclic amines) is 1. The van der Waals surface area contributed by atoms with Crippen molar-refractivity contribution in [1.29, 1.82) is 0 Å². The first-order valence-electron chi connectivity index (χ1n) is 13.2. The summed E-state index contributed by atoms with van der Waals surface area (Å²) >= 11 is 0. The molecular weight excluding hydrogens is 410 g/mol. The lowest BCUT2D eigenvalue weighted by Gasteiger charge is -2.37. The molecule has 1 amide bonds. The molecule has 1 aromatic carbocycles. The molecule has 0 bridgehead atoms. The molecule has 1 aromatic heterocycles. The van der Waals surface area contributed by atoms with E-state index in [1.807, 2.05) is 0 Å². The van der Waals surface area contributed by atoms with E-state index < -0.39 is 0 Å². The predicted octanol–water partition coefficient (Wildman–Crippen LogP) is 5.20. The summed E-state index contributed by atoms with van der Waals surface area (Å²) in [7, 11) is 0. The van der Waals surface area contributed by atoms with Gasteiger partial charge in [0.05, 0.1) is 0 Å². The van der Waals surface area contributed by atoms with Crippen molar-refractivity contribution >= 4 is 5.91 Å². The molecule has 3 aliphatic rings. The fourth-order valence-electron chi connectivity index (χ4n) is 6.14. The number of hydrogen-bond donors (Lipinski definition) is 0. The number of carbonyl (C=O) groups excluding carboxylic acids is 1. The minimum Gasteiger partial charge on any atom is -0.360 e. The normalized spacial score (nSPS) is 20.2. The third-order valence-corrected chi connectivity index (χ3v) is 8.30. The van der Waals surface area contributed by atoms with Gasteiger partial charge in [0.15, 0.2) is 5.69 Å². The second-order valence-corrected chi connectivity index (χ2v) is 10.5. The van der Waals surface area contributed by atoms with Crippen LogP contribution in [-0.4, -0.2) is 53.1 Å². The highest BCUT2D eigenvalue weighted by atomic mass is 16.5. The number of carbonyl (C=O) groups is 1. The Hall–Kier alpha value is -2.14. The molecule has 2 aliphatic carbocycles. The Bertz CT molecular complexity index is 938. The highest BCUT2D eigenvalue weighted by Gasteiger charge is 2.34. The van der Waals surface area contributed by atoms with E-state index in [2.05, 4.69) is 46.1 Å². The highest BCUT2D eigenvalue weighted by molar-refractivity contribution is 5.94. The number of rotatable bonds is 7. The zero-order chi connectivity index (χ0) is 22.6. The molecule has 2 fully saturated rings. The van der Waals surface area contributed by atoms with Gasteiger partial charge in [0.1, 0.15) is 5.76 Å². The van der Waals surface area contributed by atoms with Gasteiger partial charge in [0.2, 0.25) is 0 Å². The van der Waals surface area contributed by atoms with Crippen LogP contribution in [0.25, 0.3) is 0 Å². The van der Waals surface area contributed by atoms with Gasteiger partial charge < -0.3 is 14.3 Å². The summed E-state index contributed by atoms with van der Waals surface area (Å²) < 4.78 is 5.59. The Morgan fingerprint density at radius 3 is 2.61 bits per heavy atom. The molecule has 0 spiro atoms. The number of hydrogen-bond acceptors (Lipinski definition) is 4. The maximum absolute atomic E-state index is 13.7. The Morgan fingerprint density at radius 2 is 1.82 bits per heavy atom. The van der Waals surface area contributed by atoms with E-state index in [9.17, 15) is 4.79 Å². The van der Waals surface area contributed by atoms with E-state index in [-0.39, 0.29) is 5.91 Å². The summed E-state index contributed by atoms with van der Waals surface area (Å²) in [4.78, 5) is 18.5. The van der Waals surface area contributed by atoms with Crippen molar-refractivity contribution in [3.8, 4) is 0 Å². The monoisotopic (exact) mass is 449 g/mol. The topological polar surface area (TPSA) is 49.6 Å². The minimum atomic E-state index is 0.135. The SMILES string of the molecule is Cc1ccccc1CCN1CCC(CN(C(=O)c2noc3c2CCCC3)C2CCCC2)CC1. The van der Waals surface area contributed by atoms with Gasteiger partial charge in [-0.25, -0.2) is 0 Å². The highest BCUT2D eigenvalue weighted by Crippen LogP contribution is 2.31. The van der Waals surface area contributed by atoms with Gasteiger partial charge >= 0.3 is 0 Å². The Kier molecular flexibility index (Phi) is 7.15. The minimum absolute atomic E-state index is 0.135. The van der Waals surface area contributed by atoms with Crippen LogP contribution < -0.4 is 0 Å². The lowest BCUT2D eigenvalue weighted by Crippen LogP contribution is -2.45. The Balaban J connectivity index is 1.19. The van der Waals surface area contributed by atoms with Gasteiger partial charge in [-0.3, -0.25) is 4.79 Å². The van der Waals surface area contributed by atoms with Gasteiger partial charge in [-0.2, -0.15) is 0 Å². The number of aryl methyl sites for hydroxylation is 2. The number of amides is 1. The molecule has 1 saturated carbocycles. The smallest absolute Gasteiger partial charge is 0.276 e. The van der Waals surface area contributed by atoms with Crippen LogP contribution in [0, 0.1) is 12.8 Å². The van der Waals surface area contributed by atoms with E-state index in [0.29, 0.717) is 17.7 Å². The number of nitrogens with zero attached hydrogens (tertiary/aromatic N) is 3. The Labute approximate surface area is 198 Å². The first-order chi connectivity index (χ1) is 16.2. The van der Waals surface area contributed by atoms with Crippen LogP contribution in [0.1, 0.15) is 84.3 Å². The van der Waals surface area contributed by atoms with Crippen LogP contribution in [0.15, 0.2) is 28.8 Å². The third kappa shape index (κ3) is 5.18. The zero-order valence-electron chi connectivity index (χ0n) is 20.2. The third-order valence-electron chi connectivity index (χ3n) is 8.30. The van der Waals surface area contributed by atoms with E-state index in [0.717, 1.165) is 82.4 Å². The van der Waals surface area contributed by atoms with Crippen LogP contribution in [0.3, 0.4) is 0 Å². The number of aromatic nitrogens is 1. The van der Waals surface area contributed by atoms with Crippen molar-refractivity contribution in [2.75, 3.05) is 26.2 Å². The quantitative estimate of drug-likeness (QED) is 0.583. The van der Waals surface area contributed by atoms with Crippen molar-refractivity contribution in [3.63, 3.8) is 0 Å². The van der Waals surface area contributed by atoms with E-state index >= 15 is 0 Å². The first kappa shape index (κ1) is 22.6. The average molecular weight is 450 g/mol. The Morgan fingerprint density at radius 1 is 1.06 bits per heavy atom. The second-order valence-electron chi connectivity index (χ2n) is 10.5. The molecule has 2 aromatic rings. The molecule has 0 unspecified atom stereocenters. The molecule has 0 radical (unpaired) electrons. The molecule has 1 saturated heterocycles. The van der Waals surface area contributed by atoms with E-state index in [4.69, 9.17) is 4.52 Å². The molecule has 0 atom stereocenters. The van der Waals surface area contributed by atoms with Crippen LogP contribution in [0.4, 0.5) is 0 Å². The summed E-state index contributed by atoms with van der Waals surface area (Å²) in [5, 5.41) is 4.28. The standard InChI is InChI=1S/C28H39N3O2/c1-21-8-2-3-9-23(21)16-19-30-17-14-22(15-18-30)20-31(24-10-4-5-11-24)28(32)27-25-12-6-7-13-26(25)33-29-27/h2-3,8-9,22,24H,4-7,10-20H2,1H3. The number of fused-ring (bicyclic) bond motifs is 1. The second kappa shape index (κ2) is 10.4. The average Bonchev–Trinajstić information content (AvgIpc) is 3.53. The first-order valence-corrected chi connectivity index (χ1v) is 13.2. The maximum Gasteiger partial charge on any atom is 0.276 e. The molecule has 0 N–H and O–H groups in total. The predicted molar refractivity (Wildman–Crippen MR) is 130 cm³/mol. The van der Waals surface area contributed by atoms with Gasteiger partial charge in [0.25, 0.3) is 5.91 Å². The van der Waals surface area contributed by atoms with Gasteiger partial charge in [-0.15, -0.1) is 0 Å². The summed E-state index contributed by atoms with van der Waals surface area (Å²) in [5.41, 5.74) is 4.58. The molecule has 2 heterocycles. The maximum atomic E-state index is 13.7. The van der Waals surface area contributed by atoms with Crippen LogP contribution in [0.5, 0.6) is 0 Å². The van der Waals surface area contributed by atoms with Gasteiger partial charge in [-0.05, 0) is 88.4 Å². The van der Waals surface area contributed by atoms with Crippen molar-refractivity contribution in [2.45, 2.75) is 83.6 Å². The van der Waals surface area contributed by atoms with E-state index in [1.165, 1.54) is 36.8 Å². The fourth-order valence-corrected chi connectivity index (χ4v) is 6.14. The summed E-state index contributed by atoms with van der Waals surface area (Å²) in [6.45, 7) is 6.51. The van der Waals surface area contributed by atoms with Crippen molar-refractivity contribution < 1.29 is 9.32 Å². The summed E-state index contributed by atoms with van der Waals surface area (Å²) in [6, 6.07) is 9.12. The summed E-state index contributed by atoms with van der Waals surface area (Å²) in [5.74, 6) is 1.68. The van der Waals surface area contributed by atoms with Gasteiger partial charge in [-0.1, -0.05) is 42.3 Å². The van der Waals surface area contributed by atoms with Crippen LogP contribution in [-0.2, 0) is 19.3 Å². The van der Waals surface area contributed by atoms with Crippen LogP contribution in [0.2, 0.25) is 0 Å². The van der Waals surface area contributed by atoms with E-state index in [1.54, 1.807) is 0 Å². The lowest BCUT2D eigenvalue weighted by molar-refractivity contribution is 0.0587. The molecule has 178 valence electrons. The largest absolute Gasteiger partial charge is 0.360 e. The molecule has 5 nitrogen and oxygen atoms in total. The molecular formula is C28H39N3O2. The number of benzene rings is 1. The molecule has 5 rings (SSSR count). The fraction of sp³-hybridized carbons (Fsp3) is 0.643. The summed E-state index contributed by atoms with van der Waals surface area (Å²) in [6.07, 6.45) is 12.4. The molecule has 1 aliphatic heterocycles. The van der Waals surface area contributed by atoms with Crippen molar-refractivity contribution in [3.05, 3.63) is 52.4 Å². The van der Waals surface area contributed by atoms with Crippen molar-refractivity contribution in [2.24, 2.45) is 5.92 Å². The number of piperidine rings is 1. The molecule has 33 heavy (non-hydrogen) atoms. The van der Waals surface area contributed by atoms with Crippen LogP contribution >= 0.6 is 0 Å². The van der Waals surface area contributed by atoms with Gasteiger partial charge in [0, 0.05) is 31.1 Å². The van der Waals surface area contributed by atoms with Crippen molar-refractivity contribution in [1.82, 2.24) is 15.0 Å².